The van der Waals surface area contributed by atoms with Gasteiger partial charge in [0, 0.05) is 6.54 Å². The van der Waals surface area contributed by atoms with E-state index < -0.39 is 6.43 Å². The fraction of sp³-hybridized carbons (Fsp3) is 0.714. The van der Waals surface area contributed by atoms with Gasteiger partial charge < -0.3 is 4.57 Å². The molecule has 74 valence electrons. The smallest absolute Gasteiger partial charge is 0.297 e. The summed E-state index contributed by atoms with van der Waals surface area (Å²) in [4.78, 5) is 0. The second kappa shape index (κ2) is 4.50. The number of hydrogen-bond acceptors (Lipinski definition) is 2. The van der Waals surface area contributed by atoms with Crippen molar-refractivity contribution >= 4 is 11.6 Å². The second-order valence-electron chi connectivity index (χ2n) is 2.56. The predicted molar refractivity (Wildman–Crippen MR) is 44.8 cm³/mol. The Balaban J connectivity index is 2.99. The minimum atomic E-state index is -2.59. The zero-order valence-electron chi connectivity index (χ0n) is 7.17. The van der Waals surface area contributed by atoms with Crippen molar-refractivity contribution < 1.29 is 8.78 Å². The summed E-state index contributed by atoms with van der Waals surface area (Å²) in [5.74, 6) is 0.219. The van der Waals surface area contributed by atoms with E-state index in [1.807, 2.05) is 6.92 Å². The molecule has 0 radical (unpaired) electrons. The molecule has 0 aromatic carbocycles. The average Bonchev–Trinajstić information content (AvgIpc) is 2.48. The highest BCUT2D eigenvalue weighted by molar-refractivity contribution is 6.16. The fourth-order valence-electron chi connectivity index (χ4n) is 1.08. The number of rotatable bonds is 4. The third-order valence-corrected chi connectivity index (χ3v) is 1.86. The number of aromatic nitrogens is 3. The number of hydrogen-bond donors (Lipinski definition) is 0. The molecule has 0 saturated heterocycles. The first kappa shape index (κ1) is 10.4. The molecule has 0 aliphatic heterocycles. The first-order valence-corrected chi connectivity index (χ1v) is 4.50. The highest BCUT2D eigenvalue weighted by atomic mass is 35.5. The summed E-state index contributed by atoms with van der Waals surface area (Å²) in [7, 11) is 0. The summed E-state index contributed by atoms with van der Waals surface area (Å²) >= 11 is 5.52. The Kier molecular flexibility index (Phi) is 3.59. The standard InChI is InChI=1S/C7H10ClF2N3/c1-2-3-13-5(4-8)11-12-7(13)6(9)10/h6H,2-4H2,1H3. The van der Waals surface area contributed by atoms with Gasteiger partial charge in [-0.3, -0.25) is 0 Å². The van der Waals surface area contributed by atoms with Crippen LogP contribution in [0, 0.1) is 0 Å². The summed E-state index contributed by atoms with van der Waals surface area (Å²) in [6.07, 6.45) is -1.84. The van der Waals surface area contributed by atoms with Crippen molar-refractivity contribution in [2.75, 3.05) is 0 Å². The van der Waals surface area contributed by atoms with Crippen LogP contribution in [0.3, 0.4) is 0 Å². The van der Waals surface area contributed by atoms with Crippen LogP contribution in [0.25, 0.3) is 0 Å². The maximum absolute atomic E-state index is 12.3. The molecular formula is C7H10ClF2N3. The molecule has 0 amide bonds. The van der Waals surface area contributed by atoms with Gasteiger partial charge in [-0.05, 0) is 6.42 Å². The number of nitrogens with zero attached hydrogens (tertiary/aromatic N) is 3. The Morgan fingerprint density at radius 2 is 2.15 bits per heavy atom. The van der Waals surface area contributed by atoms with Crippen LogP contribution in [0.1, 0.15) is 31.4 Å². The molecule has 1 aromatic rings. The molecule has 0 saturated carbocycles. The first-order valence-electron chi connectivity index (χ1n) is 3.96. The molecule has 0 aliphatic rings. The SMILES string of the molecule is CCCn1c(CCl)nnc1C(F)F. The molecule has 0 N–H and O–H groups in total. The Morgan fingerprint density at radius 1 is 1.46 bits per heavy atom. The monoisotopic (exact) mass is 209 g/mol. The van der Waals surface area contributed by atoms with E-state index >= 15 is 0 Å². The topological polar surface area (TPSA) is 30.7 Å². The molecule has 3 nitrogen and oxygen atoms in total. The summed E-state index contributed by atoms with van der Waals surface area (Å²) in [6, 6.07) is 0. The van der Waals surface area contributed by atoms with Crippen molar-refractivity contribution in [1.82, 2.24) is 14.8 Å². The van der Waals surface area contributed by atoms with Crippen LogP contribution in [0.4, 0.5) is 8.78 Å². The average molecular weight is 210 g/mol. The van der Waals surface area contributed by atoms with Crippen molar-refractivity contribution in [3.8, 4) is 0 Å². The van der Waals surface area contributed by atoms with Gasteiger partial charge in [0.1, 0.15) is 5.82 Å². The van der Waals surface area contributed by atoms with Gasteiger partial charge in [-0.1, -0.05) is 6.92 Å². The van der Waals surface area contributed by atoms with E-state index in [9.17, 15) is 8.78 Å². The molecule has 0 unspecified atom stereocenters. The van der Waals surface area contributed by atoms with E-state index in [0.29, 0.717) is 12.4 Å². The van der Waals surface area contributed by atoms with Gasteiger partial charge in [-0.25, -0.2) is 8.78 Å². The van der Waals surface area contributed by atoms with Crippen LogP contribution in [-0.2, 0) is 12.4 Å². The van der Waals surface area contributed by atoms with Gasteiger partial charge >= 0.3 is 0 Å². The van der Waals surface area contributed by atoms with Crippen molar-refractivity contribution in [2.45, 2.75) is 32.2 Å². The van der Waals surface area contributed by atoms with E-state index in [1.165, 1.54) is 4.57 Å². The molecule has 1 heterocycles. The lowest BCUT2D eigenvalue weighted by atomic mass is 10.4. The first-order chi connectivity index (χ1) is 6.20. The molecular weight excluding hydrogens is 200 g/mol. The number of alkyl halides is 3. The van der Waals surface area contributed by atoms with Crippen molar-refractivity contribution in [2.24, 2.45) is 0 Å². The van der Waals surface area contributed by atoms with E-state index in [-0.39, 0.29) is 11.7 Å². The highest BCUT2D eigenvalue weighted by Gasteiger charge is 2.18. The molecule has 1 aromatic heterocycles. The van der Waals surface area contributed by atoms with E-state index in [1.54, 1.807) is 0 Å². The molecule has 0 fully saturated rings. The minimum absolute atomic E-state index is 0.111. The fourth-order valence-corrected chi connectivity index (χ4v) is 1.27. The Bertz CT molecular complexity index is 275. The Hall–Kier alpha value is -0.710. The van der Waals surface area contributed by atoms with Gasteiger partial charge in [0.15, 0.2) is 5.82 Å². The third-order valence-electron chi connectivity index (χ3n) is 1.62. The highest BCUT2D eigenvalue weighted by Crippen LogP contribution is 2.18. The predicted octanol–water partition coefficient (Wildman–Crippen LogP) is 2.36. The molecule has 0 bridgehead atoms. The van der Waals surface area contributed by atoms with Crippen LogP contribution in [0.15, 0.2) is 0 Å². The van der Waals surface area contributed by atoms with Gasteiger partial charge in [0.05, 0.1) is 5.88 Å². The Labute approximate surface area is 79.7 Å². The van der Waals surface area contributed by atoms with Gasteiger partial charge in [0.25, 0.3) is 6.43 Å². The third kappa shape index (κ3) is 2.15. The molecule has 6 heteroatoms. The normalized spacial score (nSPS) is 11.2. The second-order valence-corrected chi connectivity index (χ2v) is 2.83. The Morgan fingerprint density at radius 3 is 2.62 bits per heavy atom. The summed E-state index contributed by atoms with van der Waals surface area (Å²) in [6.45, 7) is 2.38. The lowest BCUT2D eigenvalue weighted by molar-refractivity contribution is 0.134. The van der Waals surface area contributed by atoms with Crippen LogP contribution >= 0.6 is 11.6 Å². The summed E-state index contributed by atoms with van der Waals surface area (Å²) < 4.78 is 26.0. The number of halogens is 3. The maximum atomic E-state index is 12.3. The van der Waals surface area contributed by atoms with Crippen molar-refractivity contribution in [1.29, 1.82) is 0 Å². The van der Waals surface area contributed by atoms with Gasteiger partial charge in [-0.2, -0.15) is 0 Å². The van der Waals surface area contributed by atoms with Crippen LogP contribution in [0.5, 0.6) is 0 Å². The molecule has 0 aliphatic carbocycles. The zero-order chi connectivity index (χ0) is 9.84. The van der Waals surface area contributed by atoms with Crippen molar-refractivity contribution in [3.63, 3.8) is 0 Å². The quantitative estimate of drug-likeness (QED) is 0.713. The van der Waals surface area contributed by atoms with E-state index in [0.717, 1.165) is 6.42 Å². The van der Waals surface area contributed by atoms with Gasteiger partial charge in [0.2, 0.25) is 0 Å². The summed E-state index contributed by atoms with van der Waals surface area (Å²) in [5, 5.41) is 6.96. The molecule has 1 rings (SSSR count). The lowest BCUT2D eigenvalue weighted by Crippen LogP contribution is -2.06. The van der Waals surface area contributed by atoms with Gasteiger partial charge in [-0.15, -0.1) is 21.8 Å². The van der Waals surface area contributed by atoms with E-state index in [4.69, 9.17) is 11.6 Å². The molecule has 0 spiro atoms. The van der Waals surface area contributed by atoms with Crippen LogP contribution in [0.2, 0.25) is 0 Å². The van der Waals surface area contributed by atoms with E-state index in [2.05, 4.69) is 10.2 Å². The minimum Gasteiger partial charge on any atom is -0.309 e. The molecule has 13 heavy (non-hydrogen) atoms. The largest absolute Gasteiger partial charge is 0.309 e. The lowest BCUT2D eigenvalue weighted by Gasteiger charge is -2.05. The summed E-state index contributed by atoms with van der Waals surface area (Å²) in [5.41, 5.74) is 0. The van der Waals surface area contributed by atoms with Crippen LogP contribution in [-0.4, -0.2) is 14.8 Å². The maximum Gasteiger partial charge on any atom is 0.297 e. The van der Waals surface area contributed by atoms with Crippen molar-refractivity contribution in [3.05, 3.63) is 11.6 Å². The zero-order valence-corrected chi connectivity index (χ0v) is 7.93. The molecule has 0 atom stereocenters. The van der Waals surface area contributed by atoms with Crippen LogP contribution < -0.4 is 0 Å².